The summed E-state index contributed by atoms with van der Waals surface area (Å²) in [4.78, 5) is 22.2. The van der Waals surface area contributed by atoms with Crippen molar-refractivity contribution < 1.29 is 31.5 Å². The Morgan fingerprint density at radius 1 is 1.06 bits per heavy atom. The molecule has 0 aliphatic carbocycles. The average molecular weight is 454 g/mol. The van der Waals surface area contributed by atoms with Crippen LogP contribution < -0.4 is 15.5 Å². The number of halogens is 5. The summed E-state index contributed by atoms with van der Waals surface area (Å²) < 4.78 is 73.7. The number of rotatable bonds is 5. The van der Waals surface area contributed by atoms with Crippen molar-refractivity contribution in [2.45, 2.75) is 19.1 Å². The van der Waals surface area contributed by atoms with E-state index in [0.717, 1.165) is 16.7 Å². The fourth-order valence-electron chi connectivity index (χ4n) is 2.97. The van der Waals surface area contributed by atoms with Crippen molar-refractivity contribution in [1.82, 2.24) is 4.57 Å². The summed E-state index contributed by atoms with van der Waals surface area (Å²) in [5.41, 5.74) is -2.49. The number of nitrogens with zero attached hydrogens (tertiary/aromatic N) is 1. The second kappa shape index (κ2) is 8.64. The fraction of sp³-hybridized carbons (Fsp3) is 0.190. The van der Waals surface area contributed by atoms with Gasteiger partial charge in [0.15, 0.2) is 11.6 Å². The van der Waals surface area contributed by atoms with Crippen molar-refractivity contribution >= 4 is 14.2 Å². The third kappa shape index (κ3) is 4.85. The monoisotopic (exact) mass is 454 g/mol. The van der Waals surface area contributed by atoms with Crippen LogP contribution in [0, 0.1) is 11.6 Å². The molecule has 0 fully saturated rings. The first-order valence-electron chi connectivity index (χ1n) is 9.11. The maximum absolute atomic E-state index is 14.1. The smallest absolute Gasteiger partial charge is 0.421 e. The first kappa shape index (κ1) is 22.7. The summed E-state index contributed by atoms with van der Waals surface area (Å²) >= 11 is 0. The largest absolute Gasteiger partial charge is 0.454 e. The van der Waals surface area contributed by atoms with Gasteiger partial charge in [0, 0.05) is 30.4 Å². The zero-order valence-electron chi connectivity index (χ0n) is 16.4. The number of aryl methyl sites for hydroxylation is 1. The van der Waals surface area contributed by atoms with E-state index in [1.54, 1.807) is 6.92 Å². The van der Waals surface area contributed by atoms with E-state index < -0.39 is 38.0 Å². The van der Waals surface area contributed by atoms with E-state index in [-0.39, 0.29) is 22.6 Å². The maximum atomic E-state index is 14.1. The van der Waals surface area contributed by atoms with E-state index in [4.69, 9.17) is 4.74 Å². The lowest BCUT2D eigenvalue weighted by atomic mass is 10.0. The Kier molecular flexibility index (Phi) is 6.32. The predicted octanol–water partition coefficient (Wildman–Crippen LogP) is 4.35. The normalized spacial score (nSPS) is 11.8. The van der Waals surface area contributed by atoms with E-state index in [9.17, 15) is 31.5 Å². The fourth-order valence-corrected chi connectivity index (χ4v) is 3.96. The van der Waals surface area contributed by atoms with E-state index in [1.165, 1.54) is 31.4 Å². The Balaban J connectivity index is 2.21. The van der Waals surface area contributed by atoms with Crippen LogP contribution in [0.1, 0.15) is 12.5 Å². The summed E-state index contributed by atoms with van der Waals surface area (Å²) in [5.74, 6) is -2.16. The van der Waals surface area contributed by atoms with Crippen molar-refractivity contribution in [2.24, 2.45) is 7.05 Å². The second-order valence-electron chi connectivity index (χ2n) is 6.74. The van der Waals surface area contributed by atoms with E-state index in [1.807, 2.05) is 0 Å². The number of ether oxygens (including phenoxy) is 1. The van der Waals surface area contributed by atoms with Crippen molar-refractivity contribution in [3.05, 3.63) is 76.2 Å². The molecule has 0 amide bonds. The molecule has 2 aromatic carbocycles. The topological polar surface area (TPSA) is 51.5 Å². The molecule has 4 nitrogen and oxygen atoms in total. The van der Waals surface area contributed by atoms with Crippen LogP contribution in [0.2, 0.25) is 6.04 Å². The molecule has 3 aromatic rings. The zero-order valence-corrected chi connectivity index (χ0v) is 17.4. The molecule has 0 aliphatic rings. The molecule has 10 heteroatoms. The van der Waals surface area contributed by atoms with Crippen LogP contribution in [0.4, 0.5) is 22.0 Å². The van der Waals surface area contributed by atoms with Gasteiger partial charge in [-0.3, -0.25) is 4.79 Å². The molecule has 0 spiro atoms. The zero-order chi connectivity index (χ0) is 22.9. The Bertz CT molecular complexity index is 1180. The van der Waals surface area contributed by atoms with Gasteiger partial charge in [0.2, 0.25) is 9.04 Å². The summed E-state index contributed by atoms with van der Waals surface area (Å²) in [7, 11) is -0.785. The van der Waals surface area contributed by atoms with Crippen molar-refractivity contribution in [3.8, 4) is 22.6 Å². The molecule has 0 saturated heterocycles. The van der Waals surface area contributed by atoms with Gasteiger partial charge < -0.3 is 14.1 Å². The number of aromatic nitrogens is 1. The third-order valence-electron chi connectivity index (χ3n) is 4.56. The first-order chi connectivity index (χ1) is 14.5. The van der Waals surface area contributed by atoms with Gasteiger partial charge >= 0.3 is 6.18 Å². The van der Waals surface area contributed by atoms with Gasteiger partial charge in [-0.2, -0.15) is 13.2 Å². The molecule has 0 saturated carbocycles. The van der Waals surface area contributed by atoms with Gasteiger partial charge in [-0.15, -0.1) is 0 Å². The molecule has 1 N–H and O–H groups in total. The molecule has 0 bridgehead atoms. The summed E-state index contributed by atoms with van der Waals surface area (Å²) in [6.45, 7) is 1.76. The number of hydrogen-bond acceptors (Lipinski definition) is 3. The molecule has 0 unspecified atom stereocenters. The minimum Gasteiger partial charge on any atom is -0.454 e. The Hall–Kier alpha value is -2.98. The van der Waals surface area contributed by atoms with Crippen LogP contribution in [-0.4, -0.2) is 18.4 Å². The highest BCUT2D eigenvalue weighted by atomic mass is 28.3. The Labute approximate surface area is 175 Å². The maximum Gasteiger partial charge on any atom is 0.421 e. The van der Waals surface area contributed by atoms with E-state index in [2.05, 4.69) is 0 Å². The minimum absolute atomic E-state index is 0.0142. The Morgan fingerprint density at radius 3 is 2.35 bits per heavy atom. The number of alkyl halides is 3. The first-order valence-corrected chi connectivity index (χ1v) is 10.8. The molecule has 0 atom stereocenters. The highest BCUT2D eigenvalue weighted by Crippen LogP contribution is 2.36. The van der Waals surface area contributed by atoms with Crippen LogP contribution in [0.15, 0.2) is 53.5 Å². The summed E-state index contributed by atoms with van der Waals surface area (Å²) in [6.07, 6.45) is -3.69. The van der Waals surface area contributed by atoms with Crippen molar-refractivity contribution in [2.75, 3.05) is 0 Å². The molecule has 0 aliphatic heterocycles. The highest BCUT2D eigenvalue weighted by Gasteiger charge is 2.35. The summed E-state index contributed by atoms with van der Waals surface area (Å²) in [6, 6.07) is 8.15. The molecular weight excluding hydrogens is 437 g/mol. The minimum atomic E-state index is -4.89. The molecule has 1 aromatic heterocycles. The van der Waals surface area contributed by atoms with Gasteiger partial charge in [0.05, 0.1) is 0 Å². The standard InChI is InChI=1S/C21H17F5NO3Si/c1-3-31(29)14-5-7-18(30-19-6-4-13(22)9-17(19)23)15(10-14)12-8-16(21(24,25)26)20(28)27(2)11-12/h4-11,29H,3H2,1-2H3. The number of pyridine rings is 1. The predicted molar refractivity (Wildman–Crippen MR) is 107 cm³/mol. The SMILES string of the molecule is CC[Si](O)c1ccc(Oc2ccc(F)cc2F)c(-c2cc(C(F)(F)F)c(=O)n(C)c2)c1. The highest BCUT2D eigenvalue weighted by molar-refractivity contribution is 6.66. The van der Waals surface area contributed by atoms with Gasteiger partial charge in [0.25, 0.3) is 5.56 Å². The quantitative estimate of drug-likeness (QED) is 0.461. The van der Waals surface area contributed by atoms with E-state index >= 15 is 0 Å². The molecule has 31 heavy (non-hydrogen) atoms. The average Bonchev–Trinajstić information content (AvgIpc) is 2.70. The summed E-state index contributed by atoms with van der Waals surface area (Å²) in [5, 5.41) is 0.497. The van der Waals surface area contributed by atoms with Gasteiger partial charge in [-0.1, -0.05) is 13.0 Å². The molecule has 3 rings (SSSR count). The molecule has 163 valence electrons. The lowest BCUT2D eigenvalue weighted by Gasteiger charge is -2.17. The lowest BCUT2D eigenvalue weighted by molar-refractivity contribution is -0.138. The number of hydrogen-bond donors (Lipinski definition) is 1. The van der Waals surface area contributed by atoms with E-state index in [0.29, 0.717) is 23.4 Å². The van der Waals surface area contributed by atoms with Gasteiger partial charge in [-0.25, -0.2) is 8.78 Å². The van der Waals surface area contributed by atoms with Crippen LogP contribution >= 0.6 is 0 Å². The lowest BCUT2D eigenvalue weighted by Crippen LogP contribution is -2.29. The molecule has 1 radical (unpaired) electrons. The number of benzene rings is 2. The van der Waals surface area contributed by atoms with Crippen molar-refractivity contribution in [1.29, 1.82) is 0 Å². The van der Waals surface area contributed by atoms with Gasteiger partial charge in [-0.05, 0) is 41.6 Å². The molecular formula is C21H17F5NO3Si. The van der Waals surface area contributed by atoms with Crippen molar-refractivity contribution in [3.63, 3.8) is 0 Å². The second-order valence-corrected chi connectivity index (χ2v) is 8.92. The van der Waals surface area contributed by atoms with Gasteiger partial charge in [0.1, 0.15) is 17.1 Å². The Morgan fingerprint density at radius 2 is 1.74 bits per heavy atom. The van der Waals surface area contributed by atoms with Crippen LogP contribution in [0.25, 0.3) is 11.1 Å². The molecule has 1 heterocycles. The van der Waals surface area contributed by atoms with Crippen LogP contribution in [0.3, 0.4) is 0 Å². The third-order valence-corrected chi connectivity index (χ3v) is 6.21. The van der Waals surface area contributed by atoms with Crippen LogP contribution in [-0.2, 0) is 13.2 Å². The van der Waals surface area contributed by atoms with Crippen LogP contribution in [0.5, 0.6) is 11.5 Å².